The van der Waals surface area contributed by atoms with Gasteiger partial charge in [0, 0.05) is 30.4 Å². The molecule has 4 aromatic heterocycles. The Morgan fingerprint density at radius 3 is 1.40 bits per heavy atom. The Bertz CT molecular complexity index is 3140. The Morgan fingerprint density at radius 2 is 1.04 bits per heavy atom. The second-order valence-corrected chi connectivity index (χ2v) is 18.7. The number of alkyl halides is 9. The number of aromatic amines is 2. The highest BCUT2D eigenvalue weighted by atomic mass is 32.1. The topological polar surface area (TPSA) is 328 Å². The molecule has 0 saturated carbocycles. The van der Waals surface area contributed by atoms with E-state index in [1.54, 1.807) is 69.6 Å². The smallest absolute Gasteiger partial charge is 0.475 e. The van der Waals surface area contributed by atoms with Gasteiger partial charge in [0.2, 0.25) is 0 Å². The molecule has 33 heteroatoms. The SMILES string of the molecule is COC(=O)[C@H](CN)NC(=O)c1sc(C(=O)NCc2cccc3[nH]ncc23)cc1C(F)(F)F.COC(=O)[C@H](CNC(=O)OC(C)(C)C)NC(=O)c1sc(C(=O)NCc2cccc3[nH]ncc23)cc1C(F)(F)F.O=C(O)C(F)(F)F. The molecule has 0 aliphatic carbocycles. The van der Waals surface area contributed by atoms with Crippen LogP contribution in [0.5, 0.6) is 0 Å². The average molecular weight is 1150 g/mol. The second kappa shape index (κ2) is 26.1. The van der Waals surface area contributed by atoms with Crippen LogP contribution in [0.1, 0.15) is 81.7 Å². The van der Waals surface area contributed by atoms with Crippen LogP contribution in [-0.2, 0) is 54.0 Å². The molecule has 0 spiro atoms. The summed E-state index contributed by atoms with van der Waals surface area (Å²) >= 11 is 0.669. The molecular formula is C45H45F9N10O12S2. The van der Waals surface area contributed by atoms with Crippen molar-refractivity contribution in [3.05, 3.63) is 103 Å². The van der Waals surface area contributed by atoms with Crippen LogP contribution in [0.4, 0.5) is 44.3 Å². The Balaban J connectivity index is 0.000000304. The lowest BCUT2D eigenvalue weighted by molar-refractivity contribution is -0.192. The number of hydrogen-bond acceptors (Lipinski definition) is 16. The van der Waals surface area contributed by atoms with Crippen molar-refractivity contribution >= 4 is 92.1 Å². The number of alkyl carbamates (subject to hydrolysis) is 1. The van der Waals surface area contributed by atoms with Crippen molar-refractivity contribution in [2.75, 3.05) is 27.3 Å². The third-order valence-corrected chi connectivity index (χ3v) is 12.1. The van der Waals surface area contributed by atoms with E-state index in [0.29, 0.717) is 45.9 Å². The number of nitrogens with two attached hydrogens (primary N) is 1. The van der Waals surface area contributed by atoms with Gasteiger partial charge in [-0.15, -0.1) is 22.7 Å². The number of nitrogens with zero attached hydrogens (tertiary/aromatic N) is 2. The van der Waals surface area contributed by atoms with Gasteiger partial charge in [0.25, 0.3) is 23.6 Å². The number of H-pyrrole nitrogens is 2. The summed E-state index contributed by atoms with van der Waals surface area (Å²) in [5.74, 6) is -8.77. The first-order valence-corrected chi connectivity index (χ1v) is 23.5. The van der Waals surface area contributed by atoms with Crippen LogP contribution >= 0.6 is 22.7 Å². The van der Waals surface area contributed by atoms with Crippen LogP contribution in [-0.4, -0.2) is 124 Å². The van der Waals surface area contributed by atoms with Crippen LogP contribution in [0.3, 0.4) is 0 Å². The molecule has 2 atom stereocenters. The number of esters is 2. The number of carboxylic acid groups (broad SMARTS) is 1. The number of methoxy groups -OCH3 is 2. The molecule has 422 valence electrons. The summed E-state index contributed by atoms with van der Waals surface area (Å²) in [6.45, 7) is 3.95. The zero-order chi connectivity index (χ0) is 58.5. The summed E-state index contributed by atoms with van der Waals surface area (Å²) in [4.78, 5) is 92.8. The Kier molecular flexibility index (Phi) is 20.9. The molecular weight excluding hydrogens is 1110 g/mol. The van der Waals surface area contributed by atoms with Crippen LogP contribution in [0.15, 0.2) is 60.9 Å². The van der Waals surface area contributed by atoms with Gasteiger partial charge in [-0.25, -0.2) is 19.2 Å². The Labute approximate surface area is 440 Å². The highest BCUT2D eigenvalue weighted by Crippen LogP contribution is 2.38. The summed E-state index contributed by atoms with van der Waals surface area (Å²) in [5, 5.41) is 33.6. The molecule has 6 aromatic rings. The van der Waals surface area contributed by atoms with E-state index in [1.807, 2.05) is 0 Å². The molecule has 0 bridgehead atoms. The molecule has 0 fully saturated rings. The van der Waals surface area contributed by atoms with E-state index in [-0.39, 0.29) is 29.4 Å². The molecule has 22 nitrogen and oxygen atoms in total. The van der Waals surface area contributed by atoms with Crippen LogP contribution in [0, 0.1) is 0 Å². The van der Waals surface area contributed by atoms with E-state index in [9.17, 15) is 73.1 Å². The molecule has 10 N–H and O–H groups in total. The number of carbonyl (C=O) groups excluding carboxylic acids is 7. The van der Waals surface area contributed by atoms with E-state index in [4.69, 9.17) is 20.4 Å². The van der Waals surface area contributed by atoms with Crippen LogP contribution in [0.25, 0.3) is 21.8 Å². The van der Waals surface area contributed by atoms with Gasteiger partial charge in [-0.2, -0.15) is 49.7 Å². The summed E-state index contributed by atoms with van der Waals surface area (Å²) in [6.07, 6.45) is -12.7. The van der Waals surface area contributed by atoms with Gasteiger partial charge in [-0.3, -0.25) is 29.4 Å². The predicted octanol–water partition coefficient (Wildman–Crippen LogP) is 5.81. The first-order valence-electron chi connectivity index (χ1n) is 21.8. The van der Waals surface area contributed by atoms with Crippen molar-refractivity contribution in [3.8, 4) is 0 Å². The highest BCUT2D eigenvalue weighted by Gasteiger charge is 2.41. The molecule has 0 aliphatic rings. The molecule has 0 aliphatic heterocycles. The minimum absolute atomic E-state index is 0.00274. The molecule has 0 radical (unpaired) electrons. The number of hydrogen-bond donors (Lipinski definition) is 9. The maximum Gasteiger partial charge on any atom is 0.490 e. The number of aliphatic carboxylic acids is 1. The fourth-order valence-corrected chi connectivity index (χ4v) is 8.29. The molecule has 6 rings (SSSR count). The number of nitrogens with one attached hydrogen (secondary N) is 7. The summed E-state index contributed by atoms with van der Waals surface area (Å²) in [7, 11) is 2.06. The summed E-state index contributed by atoms with van der Waals surface area (Å²) < 4.78 is 128. The lowest BCUT2D eigenvalue weighted by Crippen LogP contribution is -2.49. The van der Waals surface area contributed by atoms with Crippen molar-refractivity contribution in [1.29, 1.82) is 0 Å². The lowest BCUT2D eigenvalue weighted by Gasteiger charge is -2.21. The van der Waals surface area contributed by atoms with E-state index in [0.717, 1.165) is 36.0 Å². The third-order valence-electron chi connectivity index (χ3n) is 9.87. The Morgan fingerprint density at radius 1 is 0.641 bits per heavy atom. The molecule has 4 heterocycles. The number of carbonyl (C=O) groups is 8. The summed E-state index contributed by atoms with van der Waals surface area (Å²) in [6, 6.07) is 8.81. The number of amides is 5. The number of halogens is 9. The normalized spacial score (nSPS) is 12.3. The van der Waals surface area contributed by atoms with E-state index in [1.165, 1.54) is 0 Å². The number of aromatic nitrogens is 4. The zero-order valence-corrected chi connectivity index (χ0v) is 42.5. The number of fused-ring (bicyclic) bond motifs is 2. The van der Waals surface area contributed by atoms with Gasteiger partial charge in [0.15, 0.2) is 0 Å². The highest BCUT2D eigenvalue weighted by molar-refractivity contribution is 7.16. The maximum atomic E-state index is 13.8. The van der Waals surface area contributed by atoms with Crippen molar-refractivity contribution < 1.29 is 97.2 Å². The molecule has 78 heavy (non-hydrogen) atoms. The number of ether oxygens (including phenoxy) is 3. The van der Waals surface area contributed by atoms with E-state index in [2.05, 4.69) is 56.5 Å². The quantitative estimate of drug-likeness (QED) is 0.0333. The standard InChI is InChI=1S/C24H26F3N5O6S.C19H18F3N5O4S.C2HF3O2/c1-23(2,3)38-22(36)29-11-16(21(35)37-4)31-20(34)18-14(24(25,26)27)8-17(39-18)19(33)28-9-12-6-5-7-15-13(12)10-30-32-15;1-31-18(30)13(6-23)26-17(29)15-11(19(20,21)22)5-14(32-15)16(28)24-7-9-3-2-4-12-10(9)8-25-27-12;3-2(4,5)1(6)7/h5-8,10,16H,9,11H2,1-4H3,(H,28,33)(H,29,36)(H,30,32)(H,31,34);2-5,8,13H,6-7,23H2,1H3,(H,24,28)(H,25,27)(H,26,29);(H,6,7)/t16-;13-;/m00./s1. The van der Waals surface area contributed by atoms with Crippen molar-refractivity contribution in [1.82, 2.24) is 47.0 Å². The lowest BCUT2D eigenvalue weighted by atomic mass is 10.1. The van der Waals surface area contributed by atoms with Gasteiger partial charge < -0.3 is 51.6 Å². The van der Waals surface area contributed by atoms with E-state index >= 15 is 0 Å². The maximum absolute atomic E-state index is 13.8. The first-order chi connectivity index (χ1) is 36.3. The minimum atomic E-state index is -5.08. The third kappa shape index (κ3) is 17.3. The molecule has 0 saturated heterocycles. The van der Waals surface area contributed by atoms with Crippen molar-refractivity contribution in [2.45, 2.75) is 70.1 Å². The van der Waals surface area contributed by atoms with E-state index < -0.39 is 111 Å². The average Bonchev–Trinajstić information content (AvgIpc) is 4.23. The minimum Gasteiger partial charge on any atom is -0.475 e. The summed E-state index contributed by atoms with van der Waals surface area (Å²) in [5.41, 5.74) is 4.73. The fourth-order valence-electron chi connectivity index (χ4n) is 6.30. The van der Waals surface area contributed by atoms with Crippen molar-refractivity contribution in [3.63, 3.8) is 0 Å². The number of carboxylic acids is 1. The first kappa shape index (κ1) is 62.2. The Hall–Kier alpha value is -8.33. The van der Waals surface area contributed by atoms with Gasteiger partial charge in [-0.05, 0) is 56.2 Å². The van der Waals surface area contributed by atoms with Crippen molar-refractivity contribution in [2.24, 2.45) is 5.73 Å². The molecule has 5 amide bonds. The fraction of sp³-hybridized carbons (Fsp3) is 0.333. The predicted molar refractivity (Wildman–Crippen MR) is 257 cm³/mol. The van der Waals surface area contributed by atoms with Crippen LogP contribution < -0.4 is 32.3 Å². The van der Waals surface area contributed by atoms with Gasteiger partial charge >= 0.3 is 42.5 Å². The number of thiophene rings is 2. The largest absolute Gasteiger partial charge is 0.490 e. The molecule has 0 unspecified atom stereocenters. The van der Waals surface area contributed by atoms with Gasteiger partial charge in [0.05, 0.1) is 65.1 Å². The molecule has 2 aromatic carbocycles. The second-order valence-electron chi connectivity index (χ2n) is 16.6. The zero-order valence-electron chi connectivity index (χ0n) is 40.9. The monoisotopic (exact) mass is 1150 g/mol. The van der Waals surface area contributed by atoms with Crippen LogP contribution in [0.2, 0.25) is 0 Å². The van der Waals surface area contributed by atoms with Gasteiger partial charge in [-0.1, -0.05) is 24.3 Å². The van der Waals surface area contributed by atoms with Gasteiger partial charge in [0.1, 0.15) is 27.4 Å². The number of benzene rings is 2. The number of rotatable bonds is 15.